The van der Waals surface area contributed by atoms with Crippen molar-refractivity contribution in [2.75, 3.05) is 11.9 Å². The van der Waals surface area contributed by atoms with Crippen LogP contribution in [0.1, 0.15) is 19.0 Å². The van der Waals surface area contributed by atoms with Gasteiger partial charge in [0.05, 0.1) is 23.8 Å². The predicted molar refractivity (Wildman–Crippen MR) is 137 cm³/mol. The number of amidine groups is 1. The van der Waals surface area contributed by atoms with E-state index < -0.39 is 16.1 Å². The fourth-order valence-corrected chi connectivity index (χ4v) is 4.68. The molecular formula is C25H23N5O5S. The summed E-state index contributed by atoms with van der Waals surface area (Å²) in [5.41, 5.74) is 1.40. The number of hydrogen-bond acceptors (Lipinski definition) is 8. The van der Waals surface area contributed by atoms with Gasteiger partial charge in [-0.25, -0.2) is 4.99 Å². The molecule has 10 nitrogen and oxygen atoms in total. The van der Waals surface area contributed by atoms with Gasteiger partial charge >= 0.3 is 0 Å². The van der Waals surface area contributed by atoms with Crippen LogP contribution in [-0.2, 0) is 16.1 Å². The zero-order valence-electron chi connectivity index (χ0n) is 19.4. The van der Waals surface area contributed by atoms with Crippen LogP contribution in [0.3, 0.4) is 0 Å². The highest BCUT2D eigenvalue weighted by Gasteiger charge is 2.39. The second-order valence-corrected chi connectivity index (χ2v) is 8.88. The van der Waals surface area contributed by atoms with Crippen LogP contribution >= 0.6 is 11.8 Å². The molecule has 2 heterocycles. The van der Waals surface area contributed by atoms with Crippen LogP contribution in [0, 0.1) is 10.1 Å². The van der Waals surface area contributed by atoms with Crippen molar-refractivity contribution in [3.63, 3.8) is 0 Å². The zero-order chi connectivity index (χ0) is 25.5. The number of anilines is 1. The van der Waals surface area contributed by atoms with Crippen molar-refractivity contribution in [2.45, 2.75) is 25.1 Å². The van der Waals surface area contributed by atoms with Gasteiger partial charge in [0.1, 0.15) is 16.7 Å². The number of aromatic nitrogens is 1. The highest BCUT2D eigenvalue weighted by atomic mass is 32.2. The van der Waals surface area contributed by atoms with E-state index in [1.54, 1.807) is 30.5 Å². The lowest BCUT2D eigenvalue weighted by Gasteiger charge is -2.16. The number of non-ortho nitro benzene ring substituents is 1. The lowest BCUT2D eigenvalue weighted by Crippen LogP contribution is -2.33. The largest absolute Gasteiger partial charge is 0.492 e. The smallest absolute Gasteiger partial charge is 0.271 e. The number of benzene rings is 2. The van der Waals surface area contributed by atoms with E-state index in [1.165, 1.54) is 34.9 Å². The van der Waals surface area contributed by atoms with E-state index in [1.807, 2.05) is 31.2 Å². The number of pyridine rings is 1. The molecule has 1 aliphatic heterocycles. The van der Waals surface area contributed by atoms with Crippen molar-refractivity contribution < 1.29 is 19.2 Å². The molecular weight excluding hydrogens is 482 g/mol. The minimum Gasteiger partial charge on any atom is -0.492 e. The summed E-state index contributed by atoms with van der Waals surface area (Å²) in [6, 6.07) is 18.4. The van der Waals surface area contributed by atoms with Gasteiger partial charge in [0.2, 0.25) is 11.8 Å². The van der Waals surface area contributed by atoms with E-state index in [4.69, 9.17) is 9.73 Å². The summed E-state index contributed by atoms with van der Waals surface area (Å²) < 4.78 is 5.67. The average molecular weight is 506 g/mol. The molecule has 1 aliphatic rings. The van der Waals surface area contributed by atoms with Crippen molar-refractivity contribution in [3.8, 4) is 5.75 Å². The van der Waals surface area contributed by atoms with Gasteiger partial charge in [0.15, 0.2) is 5.17 Å². The van der Waals surface area contributed by atoms with Gasteiger partial charge in [-0.15, -0.1) is 0 Å². The van der Waals surface area contributed by atoms with Crippen molar-refractivity contribution in [1.29, 1.82) is 0 Å². The van der Waals surface area contributed by atoms with Crippen LogP contribution in [0.2, 0.25) is 0 Å². The molecule has 1 N–H and O–H groups in total. The third-order valence-corrected chi connectivity index (χ3v) is 6.33. The second kappa shape index (κ2) is 11.5. The van der Waals surface area contributed by atoms with Crippen molar-refractivity contribution >= 4 is 45.8 Å². The lowest BCUT2D eigenvalue weighted by molar-refractivity contribution is -0.384. The zero-order valence-corrected chi connectivity index (χ0v) is 20.2. The fraction of sp³-hybridized carbons (Fsp3) is 0.200. The van der Waals surface area contributed by atoms with Gasteiger partial charge in [-0.1, -0.05) is 36.0 Å². The average Bonchev–Trinajstić information content (AvgIpc) is 3.15. The Hall–Kier alpha value is -4.25. The lowest BCUT2D eigenvalue weighted by atomic mass is 10.2. The number of ether oxygens (including phenoxy) is 1. The molecule has 0 spiro atoms. The first-order valence-electron chi connectivity index (χ1n) is 11.2. The van der Waals surface area contributed by atoms with Gasteiger partial charge in [-0.2, -0.15) is 0 Å². The maximum Gasteiger partial charge on any atom is 0.271 e. The summed E-state index contributed by atoms with van der Waals surface area (Å²) in [6.45, 7) is 2.54. The Morgan fingerprint density at radius 1 is 1.19 bits per heavy atom. The van der Waals surface area contributed by atoms with Crippen LogP contribution in [0.15, 0.2) is 77.9 Å². The van der Waals surface area contributed by atoms with E-state index in [0.717, 1.165) is 0 Å². The molecule has 2 aromatic carbocycles. The summed E-state index contributed by atoms with van der Waals surface area (Å²) in [5.74, 6) is -0.118. The monoisotopic (exact) mass is 505 g/mol. The third kappa shape index (κ3) is 6.05. The standard InChI is InChI=1S/C25H23N5O5S/c1-2-35-21-12-4-3-11-20(21)28-25-29(16-18-8-5-6-13-26-18)24(32)22(36-25)15-23(31)27-17-9-7-10-19(14-17)30(33)34/h3-14,22H,2,15-16H2,1H3,(H,27,31). The van der Waals surface area contributed by atoms with Crippen molar-refractivity contribution in [2.24, 2.45) is 4.99 Å². The number of carbonyl (C=O) groups excluding carboxylic acids is 2. The Balaban J connectivity index is 1.56. The van der Waals surface area contributed by atoms with Gasteiger partial charge in [0.25, 0.3) is 5.69 Å². The number of amides is 2. The number of hydrogen-bond donors (Lipinski definition) is 1. The van der Waals surface area contributed by atoms with Crippen LogP contribution in [0.5, 0.6) is 5.75 Å². The quantitative estimate of drug-likeness (QED) is 0.334. The minimum absolute atomic E-state index is 0.128. The molecule has 0 radical (unpaired) electrons. The molecule has 36 heavy (non-hydrogen) atoms. The van der Waals surface area contributed by atoms with Crippen molar-refractivity contribution in [1.82, 2.24) is 9.88 Å². The topological polar surface area (TPSA) is 127 Å². The number of nitrogens with one attached hydrogen (secondary N) is 1. The minimum atomic E-state index is -0.717. The van der Waals surface area contributed by atoms with Crippen molar-refractivity contribution in [3.05, 3.63) is 88.7 Å². The predicted octanol–water partition coefficient (Wildman–Crippen LogP) is 4.55. The molecule has 184 valence electrons. The molecule has 0 aliphatic carbocycles. The van der Waals surface area contributed by atoms with E-state index in [2.05, 4.69) is 10.3 Å². The molecule has 1 unspecified atom stereocenters. The van der Waals surface area contributed by atoms with Crippen LogP contribution in [0.4, 0.5) is 17.1 Å². The van der Waals surface area contributed by atoms with Gasteiger partial charge < -0.3 is 10.1 Å². The third-order valence-electron chi connectivity index (χ3n) is 5.16. The summed E-state index contributed by atoms with van der Waals surface area (Å²) in [6.07, 6.45) is 1.52. The number of nitro benzene ring substituents is 1. The summed E-state index contributed by atoms with van der Waals surface area (Å²) in [5, 5.41) is 13.4. The highest BCUT2D eigenvalue weighted by molar-refractivity contribution is 8.15. The summed E-state index contributed by atoms with van der Waals surface area (Å²) in [4.78, 5) is 47.1. The molecule has 1 aromatic heterocycles. The Kier molecular flexibility index (Phi) is 7.91. The molecule has 1 fully saturated rings. The number of thioether (sulfide) groups is 1. The normalized spacial score (nSPS) is 16.2. The Morgan fingerprint density at radius 2 is 2.00 bits per heavy atom. The molecule has 4 rings (SSSR count). The maximum atomic E-state index is 13.3. The van der Waals surface area contributed by atoms with Crippen LogP contribution in [-0.4, -0.2) is 43.6 Å². The fourth-order valence-electron chi connectivity index (χ4n) is 3.53. The van der Waals surface area contributed by atoms with Crippen LogP contribution < -0.4 is 10.1 Å². The molecule has 0 saturated carbocycles. The molecule has 1 atom stereocenters. The van der Waals surface area contributed by atoms with E-state index in [9.17, 15) is 19.7 Å². The maximum absolute atomic E-state index is 13.3. The number of nitro groups is 1. The Morgan fingerprint density at radius 3 is 2.75 bits per heavy atom. The first kappa shape index (κ1) is 24.9. The van der Waals surface area contributed by atoms with Gasteiger partial charge in [0, 0.05) is 30.4 Å². The van der Waals surface area contributed by atoms with E-state index >= 15 is 0 Å². The summed E-state index contributed by atoms with van der Waals surface area (Å²) >= 11 is 1.19. The van der Waals surface area contributed by atoms with E-state index in [-0.39, 0.29) is 30.2 Å². The van der Waals surface area contributed by atoms with Gasteiger partial charge in [-0.3, -0.25) is 29.6 Å². The SMILES string of the molecule is CCOc1ccccc1N=C1SC(CC(=O)Nc2cccc([N+](=O)[O-])c2)C(=O)N1Cc1ccccn1. The number of rotatable bonds is 9. The molecule has 0 bridgehead atoms. The first-order chi connectivity index (χ1) is 17.4. The molecule has 11 heteroatoms. The second-order valence-electron chi connectivity index (χ2n) is 7.71. The number of carbonyl (C=O) groups is 2. The summed E-state index contributed by atoms with van der Waals surface area (Å²) in [7, 11) is 0. The number of nitrogens with zero attached hydrogens (tertiary/aromatic N) is 4. The number of aliphatic imine (C=N–C) groups is 1. The molecule has 2 amide bonds. The number of para-hydroxylation sites is 2. The molecule has 1 saturated heterocycles. The first-order valence-corrected chi connectivity index (χ1v) is 12.1. The Bertz CT molecular complexity index is 1300. The molecule has 3 aromatic rings. The van der Waals surface area contributed by atoms with E-state index in [0.29, 0.717) is 28.9 Å². The van der Waals surface area contributed by atoms with Gasteiger partial charge in [-0.05, 0) is 37.3 Å². The Labute approximate surface area is 211 Å². The highest BCUT2D eigenvalue weighted by Crippen LogP contribution is 2.35. The van der Waals surface area contributed by atoms with Crippen LogP contribution in [0.25, 0.3) is 0 Å².